The highest BCUT2D eigenvalue weighted by atomic mass is 16.5. The van der Waals surface area contributed by atoms with E-state index in [0.29, 0.717) is 48.2 Å². The number of benzene rings is 1. The molecule has 1 fully saturated rings. The van der Waals surface area contributed by atoms with E-state index in [1.807, 2.05) is 11.8 Å². The summed E-state index contributed by atoms with van der Waals surface area (Å²) in [5.41, 5.74) is 1.68. The van der Waals surface area contributed by atoms with Gasteiger partial charge in [-0.1, -0.05) is 0 Å². The van der Waals surface area contributed by atoms with Crippen LogP contribution in [0.25, 0.3) is 0 Å². The van der Waals surface area contributed by atoms with Gasteiger partial charge in [-0.05, 0) is 50.8 Å². The zero-order valence-corrected chi connectivity index (χ0v) is 17.9. The number of aryl methyl sites for hydroxylation is 2. The van der Waals surface area contributed by atoms with Crippen molar-refractivity contribution in [2.24, 2.45) is 5.92 Å². The SMILES string of the molecule is COc1cc(OC)cc(C(=O)NC[C@H]2CCCN(C(=O)c3cc(C)nc(C)n3)C2)c1. The lowest BCUT2D eigenvalue weighted by Crippen LogP contribution is -2.44. The molecule has 0 unspecified atom stereocenters. The van der Waals surface area contributed by atoms with Crippen LogP contribution >= 0.6 is 0 Å². The Morgan fingerprint density at radius 3 is 2.43 bits per heavy atom. The molecule has 0 bridgehead atoms. The third-order valence-corrected chi connectivity index (χ3v) is 5.16. The van der Waals surface area contributed by atoms with E-state index in [0.717, 1.165) is 18.5 Å². The molecule has 0 aliphatic carbocycles. The maximum atomic E-state index is 12.9. The summed E-state index contributed by atoms with van der Waals surface area (Å²) in [7, 11) is 3.09. The number of aromatic nitrogens is 2. The van der Waals surface area contributed by atoms with Gasteiger partial charge in [0.15, 0.2) is 0 Å². The number of piperidine rings is 1. The van der Waals surface area contributed by atoms with E-state index in [4.69, 9.17) is 9.47 Å². The van der Waals surface area contributed by atoms with Crippen molar-refractivity contribution in [1.29, 1.82) is 0 Å². The monoisotopic (exact) mass is 412 g/mol. The number of carbonyl (C=O) groups excluding carboxylic acids is 2. The van der Waals surface area contributed by atoms with Crippen LogP contribution in [0.2, 0.25) is 0 Å². The van der Waals surface area contributed by atoms with E-state index in [1.54, 1.807) is 45.4 Å². The standard InChI is InChI=1S/C22H28N4O4/c1-14-8-20(25-15(2)24-14)22(28)26-7-5-6-16(13-26)12-23-21(27)17-9-18(29-3)11-19(10-17)30-4/h8-11,16H,5-7,12-13H2,1-4H3,(H,23,27)/t16-/m1/s1. The Labute approximate surface area is 176 Å². The topological polar surface area (TPSA) is 93.7 Å². The van der Waals surface area contributed by atoms with Gasteiger partial charge in [-0.3, -0.25) is 9.59 Å². The van der Waals surface area contributed by atoms with Crippen LogP contribution in [0.3, 0.4) is 0 Å². The average molecular weight is 412 g/mol. The number of hydrogen-bond acceptors (Lipinski definition) is 6. The Balaban J connectivity index is 1.61. The summed E-state index contributed by atoms with van der Waals surface area (Å²) in [5, 5.41) is 2.98. The molecule has 8 nitrogen and oxygen atoms in total. The Morgan fingerprint density at radius 2 is 1.80 bits per heavy atom. The highest BCUT2D eigenvalue weighted by Gasteiger charge is 2.26. The quantitative estimate of drug-likeness (QED) is 0.783. The lowest BCUT2D eigenvalue weighted by Gasteiger charge is -2.32. The Kier molecular flexibility index (Phi) is 6.87. The van der Waals surface area contributed by atoms with Crippen molar-refractivity contribution in [3.63, 3.8) is 0 Å². The summed E-state index contributed by atoms with van der Waals surface area (Å²) in [6.45, 7) is 5.41. The molecule has 2 heterocycles. The van der Waals surface area contributed by atoms with E-state index in [2.05, 4.69) is 15.3 Å². The van der Waals surface area contributed by atoms with Gasteiger partial charge in [0, 0.05) is 37.0 Å². The van der Waals surface area contributed by atoms with Gasteiger partial charge in [0.05, 0.1) is 14.2 Å². The lowest BCUT2D eigenvalue weighted by atomic mass is 9.97. The average Bonchev–Trinajstić information content (AvgIpc) is 2.76. The summed E-state index contributed by atoms with van der Waals surface area (Å²) in [6.07, 6.45) is 1.84. The highest BCUT2D eigenvalue weighted by Crippen LogP contribution is 2.23. The fourth-order valence-corrected chi connectivity index (χ4v) is 3.68. The summed E-state index contributed by atoms with van der Waals surface area (Å²) < 4.78 is 10.5. The predicted octanol–water partition coefficient (Wildman–Crippen LogP) is 2.39. The number of amides is 2. The van der Waals surface area contributed by atoms with E-state index >= 15 is 0 Å². The van der Waals surface area contributed by atoms with Crippen LogP contribution in [0, 0.1) is 19.8 Å². The minimum atomic E-state index is -0.197. The number of rotatable bonds is 6. The first kappa shape index (κ1) is 21.5. The molecule has 1 atom stereocenters. The van der Waals surface area contributed by atoms with E-state index < -0.39 is 0 Å². The second-order valence-electron chi connectivity index (χ2n) is 7.51. The predicted molar refractivity (Wildman–Crippen MR) is 112 cm³/mol. The van der Waals surface area contributed by atoms with Crippen molar-refractivity contribution in [2.75, 3.05) is 33.9 Å². The second-order valence-corrected chi connectivity index (χ2v) is 7.51. The first-order chi connectivity index (χ1) is 14.4. The largest absolute Gasteiger partial charge is 0.497 e. The molecule has 2 aromatic rings. The van der Waals surface area contributed by atoms with Crippen molar-refractivity contribution >= 4 is 11.8 Å². The summed E-state index contributed by atoms with van der Waals surface area (Å²) >= 11 is 0. The van der Waals surface area contributed by atoms with Crippen molar-refractivity contribution in [3.05, 3.63) is 47.0 Å². The molecule has 30 heavy (non-hydrogen) atoms. The van der Waals surface area contributed by atoms with Crippen molar-refractivity contribution < 1.29 is 19.1 Å². The first-order valence-electron chi connectivity index (χ1n) is 10.0. The molecule has 3 rings (SSSR count). The van der Waals surface area contributed by atoms with Gasteiger partial charge in [-0.25, -0.2) is 9.97 Å². The van der Waals surface area contributed by atoms with Crippen LogP contribution in [0.4, 0.5) is 0 Å². The van der Waals surface area contributed by atoms with E-state index in [1.165, 1.54) is 0 Å². The Morgan fingerprint density at radius 1 is 1.10 bits per heavy atom. The number of ether oxygens (including phenoxy) is 2. The minimum absolute atomic E-state index is 0.0860. The molecule has 0 radical (unpaired) electrons. The van der Waals surface area contributed by atoms with Gasteiger partial charge in [0.1, 0.15) is 23.0 Å². The van der Waals surface area contributed by atoms with Crippen LogP contribution in [0.1, 0.15) is 45.2 Å². The first-order valence-corrected chi connectivity index (χ1v) is 10.0. The van der Waals surface area contributed by atoms with Crippen molar-refractivity contribution in [3.8, 4) is 11.5 Å². The van der Waals surface area contributed by atoms with Crippen molar-refractivity contribution in [1.82, 2.24) is 20.2 Å². The van der Waals surface area contributed by atoms with Crippen LogP contribution < -0.4 is 14.8 Å². The van der Waals surface area contributed by atoms with Crippen LogP contribution in [0.5, 0.6) is 11.5 Å². The zero-order chi connectivity index (χ0) is 21.7. The molecule has 1 aromatic carbocycles. The molecule has 0 spiro atoms. The molecular weight excluding hydrogens is 384 g/mol. The van der Waals surface area contributed by atoms with Gasteiger partial charge >= 0.3 is 0 Å². The van der Waals surface area contributed by atoms with Gasteiger partial charge in [-0.2, -0.15) is 0 Å². The fraction of sp³-hybridized carbons (Fsp3) is 0.455. The number of likely N-dealkylation sites (tertiary alicyclic amines) is 1. The second kappa shape index (κ2) is 9.56. The maximum absolute atomic E-state index is 12.9. The molecule has 8 heteroatoms. The molecule has 2 amide bonds. The third kappa shape index (κ3) is 5.25. The van der Waals surface area contributed by atoms with Crippen LogP contribution in [-0.4, -0.2) is 60.5 Å². The molecule has 1 aliphatic rings. The normalized spacial score (nSPS) is 16.1. The fourth-order valence-electron chi connectivity index (χ4n) is 3.68. The van der Waals surface area contributed by atoms with E-state index in [-0.39, 0.29) is 17.7 Å². The maximum Gasteiger partial charge on any atom is 0.272 e. The molecule has 160 valence electrons. The minimum Gasteiger partial charge on any atom is -0.497 e. The molecular formula is C22H28N4O4. The highest BCUT2D eigenvalue weighted by molar-refractivity contribution is 5.95. The summed E-state index contributed by atoms with van der Waals surface area (Å²) in [5.74, 6) is 1.61. The Hall–Kier alpha value is -3.16. The van der Waals surface area contributed by atoms with E-state index in [9.17, 15) is 9.59 Å². The zero-order valence-electron chi connectivity index (χ0n) is 17.9. The van der Waals surface area contributed by atoms with Gasteiger partial charge in [0.2, 0.25) is 0 Å². The van der Waals surface area contributed by atoms with Gasteiger partial charge in [-0.15, -0.1) is 0 Å². The molecule has 1 saturated heterocycles. The van der Waals surface area contributed by atoms with Gasteiger partial charge in [0.25, 0.3) is 11.8 Å². The molecule has 1 N–H and O–H groups in total. The van der Waals surface area contributed by atoms with Crippen LogP contribution in [-0.2, 0) is 0 Å². The summed E-state index contributed by atoms with van der Waals surface area (Å²) in [4.78, 5) is 35.8. The number of carbonyl (C=O) groups is 2. The number of hydrogen-bond donors (Lipinski definition) is 1. The lowest BCUT2D eigenvalue weighted by molar-refractivity contribution is 0.0664. The number of nitrogens with zero attached hydrogens (tertiary/aromatic N) is 3. The smallest absolute Gasteiger partial charge is 0.272 e. The van der Waals surface area contributed by atoms with Crippen LogP contribution in [0.15, 0.2) is 24.3 Å². The molecule has 1 aromatic heterocycles. The van der Waals surface area contributed by atoms with Crippen molar-refractivity contribution in [2.45, 2.75) is 26.7 Å². The van der Waals surface area contributed by atoms with Gasteiger partial charge < -0.3 is 19.7 Å². The molecule has 1 aliphatic heterocycles. The number of nitrogens with one attached hydrogen (secondary N) is 1. The number of methoxy groups -OCH3 is 2. The molecule has 0 saturated carbocycles. The Bertz CT molecular complexity index is 889. The summed E-state index contributed by atoms with van der Waals surface area (Å²) in [6, 6.07) is 6.79. The third-order valence-electron chi connectivity index (χ3n) is 5.16.